The number of aromatic nitrogens is 2. The minimum Gasteiger partial charge on any atom is -0.320 e. The molecule has 0 radical (unpaired) electrons. The molecule has 19 heavy (non-hydrogen) atoms. The summed E-state index contributed by atoms with van der Waals surface area (Å²) in [4.78, 5) is 12.7. The molecule has 0 bridgehead atoms. The Morgan fingerprint density at radius 3 is 2.84 bits per heavy atom. The number of nitrogens with zero attached hydrogens (tertiary/aromatic N) is 3. The molecule has 0 aliphatic heterocycles. The molecule has 0 aliphatic carbocycles. The molecule has 0 saturated heterocycles. The Balaban J connectivity index is 2.27. The number of nitrogens with one attached hydrogen (secondary N) is 1. The van der Waals surface area contributed by atoms with Gasteiger partial charge in [-0.15, -0.1) is 5.10 Å². The maximum absolute atomic E-state index is 12.2. The molecule has 0 aliphatic rings. The SMILES string of the molecule is CC(C)c1nnsc1C(=O)Nc1ccccc1C#N. The minimum atomic E-state index is -0.276. The molecule has 0 atom stereocenters. The van der Waals surface area contributed by atoms with Crippen molar-refractivity contribution in [1.29, 1.82) is 5.26 Å². The Hall–Kier alpha value is -2.26. The van der Waals surface area contributed by atoms with E-state index in [1.165, 1.54) is 0 Å². The highest BCUT2D eigenvalue weighted by Gasteiger charge is 2.19. The zero-order chi connectivity index (χ0) is 13.8. The summed E-state index contributed by atoms with van der Waals surface area (Å²) in [6.45, 7) is 3.91. The van der Waals surface area contributed by atoms with Gasteiger partial charge < -0.3 is 5.32 Å². The number of anilines is 1. The number of nitriles is 1. The molecule has 2 rings (SSSR count). The van der Waals surface area contributed by atoms with Gasteiger partial charge in [0.05, 0.1) is 16.9 Å². The number of amides is 1. The molecular formula is C13H12N4OS. The molecule has 96 valence electrons. The topological polar surface area (TPSA) is 78.7 Å². The third-order valence-electron chi connectivity index (χ3n) is 2.56. The maximum Gasteiger partial charge on any atom is 0.269 e. The molecule has 0 saturated carbocycles. The Morgan fingerprint density at radius 1 is 1.42 bits per heavy atom. The van der Waals surface area contributed by atoms with E-state index in [4.69, 9.17) is 5.26 Å². The van der Waals surface area contributed by atoms with Crippen molar-refractivity contribution >= 4 is 23.1 Å². The summed E-state index contributed by atoms with van der Waals surface area (Å²) in [6, 6.07) is 8.91. The quantitative estimate of drug-likeness (QED) is 0.931. The lowest BCUT2D eigenvalue weighted by atomic mass is 10.1. The molecule has 2 aromatic rings. The van der Waals surface area contributed by atoms with Gasteiger partial charge in [0.25, 0.3) is 5.91 Å². The van der Waals surface area contributed by atoms with Crippen molar-refractivity contribution in [3.05, 3.63) is 40.4 Å². The van der Waals surface area contributed by atoms with Gasteiger partial charge in [0.2, 0.25) is 0 Å². The fourth-order valence-corrected chi connectivity index (χ4v) is 2.32. The second-order valence-corrected chi connectivity index (χ2v) is 5.01. The van der Waals surface area contributed by atoms with E-state index in [0.717, 1.165) is 11.5 Å². The van der Waals surface area contributed by atoms with Crippen LogP contribution in [0.15, 0.2) is 24.3 Å². The summed E-state index contributed by atoms with van der Waals surface area (Å²) in [5.41, 5.74) is 1.61. The van der Waals surface area contributed by atoms with Gasteiger partial charge in [-0.3, -0.25) is 4.79 Å². The lowest BCUT2D eigenvalue weighted by Crippen LogP contribution is -2.13. The van der Waals surface area contributed by atoms with Gasteiger partial charge in [-0.05, 0) is 29.6 Å². The molecule has 0 spiro atoms. The Bertz CT molecular complexity index is 642. The van der Waals surface area contributed by atoms with E-state index >= 15 is 0 Å². The molecule has 1 aromatic heterocycles. The predicted molar refractivity (Wildman–Crippen MR) is 73.1 cm³/mol. The molecule has 5 nitrogen and oxygen atoms in total. The molecule has 1 heterocycles. The van der Waals surface area contributed by atoms with Crippen LogP contribution in [-0.4, -0.2) is 15.5 Å². The van der Waals surface area contributed by atoms with Gasteiger partial charge >= 0.3 is 0 Å². The Morgan fingerprint density at radius 2 is 2.16 bits per heavy atom. The van der Waals surface area contributed by atoms with E-state index in [9.17, 15) is 4.79 Å². The van der Waals surface area contributed by atoms with Gasteiger partial charge in [-0.25, -0.2) is 0 Å². The van der Waals surface area contributed by atoms with Gasteiger partial charge in [0.15, 0.2) is 0 Å². The van der Waals surface area contributed by atoms with Crippen molar-refractivity contribution < 1.29 is 4.79 Å². The molecule has 6 heteroatoms. The second-order valence-electron chi connectivity index (χ2n) is 4.25. The average Bonchev–Trinajstić information content (AvgIpc) is 2.88. The lowest BCUT2D eigenvalue weighted by Gasteiger charge is -2.07. The summed E-state index contributed by atoms with van der Waals surface area (Å²) >= 11 is 1.06. The van der Waals surface area contributed by atoms with Crippen LogP contribution in [0.1, 0.15) is 40.7 Å². The van der Waals surface area contributed by atoms with Crippen molar-refractivity contribution in [3.8, 4) is 6.07 Å². The number of para-hydroxylation sites is 1. The number of carbonyl (C=O) groups excluding carboxylic acids is 1. The average molecular weight is 272 g/mol. The molecular weight excluding hydrogens is 260 g/mol. The van der Waals surface area contributed by atoms with Crippen LogP contribution in [0, 0.1) is 11.3 Å². The Labute approximate surface area is 115 Å². The fourth-order valence-electron chi connectivity index (χ4n) is 1.60. The largest absolute Gasteiger partial charge is 0.320 e. The first kappa shape index (κ1) is 13.2. The summed E-state index contributed by atoms with van der Waals surface area (Å²) in [5, 5.41) is 15.7. The van der Waals surface area contributed by atoms with E-state index in [-0.39, 0.29) is 11.8 Å². The van der Waals surface area contributed by atoms with Crippen molar-refractivity contribution in [2.75, 3.05) is 5.32 Å². The van der Waals surface area contributed by atoms with Crippen LogP contribution in [0.2, 0.25) is 0 Å². The van der Waals surface area contributed by atoms with Crippen LogP contribution in [0.5, 0.6) is 0 Å². The van der Waals surface area contributed by atoms with E-state index in [1.807, 2.05) is 19.9 Å². The summed E-state index contributed by atoms with van der Waals surface area (Å²) in [7, 11) is 0. The number of benzene rings is 1. The smallest absolute Gasteiger partial charge is 0.269 e. The first-order valence-electron chi connectivity index (χ1n) is 5.76. The number of hydrogen-bond acceptors (Lipinski definition) is 5. The summed E-state index contributed by atoms with van der Waals surface area (Å²) < 4.78 is 3.81. The highest BCUT2D eigenvalue weighted by Crippen LogP contribution is 2.22. The van der Waals surface area contributed by atoms with E-state index in [0.29, 0.717) is 21.8 Å². The van der Waals surface area contributed by atoms with Crippen molar-refractivity contribution in [2.24, 2.45) is 0 Å². The maximum atomic E-state index is 12.2. The van der Waals surface area contributed by atoms with Crippen molar-refractivity contribution in [3.63, 3.8) is 0 Å². The highest BCUT2D eigenvalue weighted by molar-refractivity contribution is 7.08. The van der Waals surface area contributed by atoms with Crippen LogP contribution in [0.3, 0.4) is 0 Å². The van der Waals surface area contributed by atoms with Gasteiger partial charge in [-0.2, -0.15) is 5.26 Å². The van der Waals surface area contributed by atoms with Crippen LogP contribution in [0.25, 0.3) is 0 Å². The molecule has 1 aromatic carbocycles. The van der Waals surface area contributed by atoms with Crippen LogP contribution in [0.4, 0.5) is 5.69 Å². The van der Waals surface area contributed by atoms with Crippen LogP contribution < -0.4 is 5.32 Å². The first-order valence-corrected chi connectivity index (χ1v) is 6.53. The van der Waals surface area contributed by atoms with Crippen molar-refractivity contribution in [2.45, 2.75) is 19.8 Å². The standard InChI is InChI=1S/C13H12N4OS/c1-8(2)11-12(19-17-16-11)13(18)15-10-6-4-3-5-9(10)7-14/h3-6,8H,1-2H3,(H,15,18). The fraction of sp³-hybridized carbons (Fsp3) is 0.231. The molecule has 1 N–H and O–H groups in total. The predicted octanol–water partition coefficient (Wildman–Crippen LogP) is 2.79. The molecule has 0 fully saturated rings. The van der Waals surface area contributed by atoms with E-state index in [1.54, 1.807) is 24.3 Å². The first-order chi connectivity index (χ1) is 9.13. The highest BCUT2D eigenvalue weighted by atomic mass is 32.1. The van der Waals surface area contributed by atoms with Crippen molar-refractivity contribution in [1.82, 2.24) is 9.59 Å². The number of hydrogen-bond donors (Lipinski definition) is 1. The number of rotatable bonds is 3. The molecule has 1 amide bonds. The van der Waals surface area contributed by atoms with E-state index in [2.05, 4.69) is 14.9 Å². The van der Waals surface area contributed by atoms with Crippen LogP contribution in [-0.2, 0) is 0 Å². The lowest BCUT2D eigenvalue weighted by molar-refractivity contribution is 0.102. The summed E-state index contributed by atoms with van der Waals surface area (Å²) in [5.74, 6) is -0.146. The van der Waals surface area contributed by atoms with E-state index < -0.39 is 0 Å². The van der Waals surface area contributed by atoms with Gasteiger partial charge in [0, 0.05) is 0 Å². The van der Waals surface area contributed by atoms with Crippen LogP contribution >= 0.6 is 11.5 Å². The zero-order valence-electron chi connectivity index (χ0n) is 10.5. The monoisotopic (exact) mass is 272 g/mol. The summed E-state index contributed by atoms with van der Waals surface area (Å²) in [6.07, 6.45) is 0. The minimum absolute atomic E-state index is 0.130. The second kappa shape index (κ2) is 5.59. The normalized spacial score (nSPS) is 10.2. The van der Waals surface area contributed by atoms with Gasteiger partial charge in [0.1, 0.15) is 10.9 Å². The third-order valence-corrected chi connectivity index (χ3v) is 3.30. The Kier molecular flexibility index (Phi) is 3.88. The number of carbonyl (C=O) groups is 1. The zero-order valence-corrected chi connectivity index (χ0v) is 11.4. The molecule has 0 unspecified atom stereocenters. The van der Waals surface area contributed by atoms with Gasteiger partial charge in [-0.1, -0.05) is 30.5 Å². The third kappa shape index (κ3) is 2.77.